The summed E-state index contributed by atoms with van der Waals surface area (Å²) in [6.07, 6.45) is 6.40. The zero-order chi connectivity index (χ0) is 22.9. The Balaban J connectivity index is 1.33. The number of carbonyl (C=O) groups is 1. The normalized spacial score (nSPS) is 21.2. The van der Waals surface area contributed by atoms with Gasteiger partial charge >= 0.3 is 0 Å². The van der Waals surface area contributed by atoms with Gasteiger partial charge in [0.05, 0.1) is 17.8 Å². The third-order valence-electron chi connectivity index (χ3n) is 6.50. The van der Waals surface area contributed by atoms with Gasteiger partial charge in [-0.15, -0.1) is 0 Å². The van der Waals surface area contributed by atoms with E-state index in [-0.39, 0.29) is 23.3 Å². The molecule has 0 aliphatic carbocycles. The molecule has 0 unspecified atom stereocenters. The SMILES string of the molecule is CCn1cc(CN2CCN(C(=O)[C@@H]3CCCN(S(=O)(=O)c4cnn(C)c4)C3)CC2)c(C)n1. The van der Waals surface area contributed by atoms with Gasteiger partial charge in [-0.1, -0.05) is 0 Å². The van der Waals surface area contributed by atoms with E-state index in [1.54, 1.807) is 7.05 Å². The summed E-state index contributed by atoms with van der Waals surface area (Å²) in [4.78, 5) is 17.6. The first-order valence-corrected chi connectivity index (χ1v) is 12.7. The fourth-order valence-electron chi connectivity index (χ4n) is 4.55. The van der Waals surface area contributed by atoms with Crippen molar-refractivity contribution in [2.45, 2.75) is 44.7 Å². The second kappa shape index (κ2) is 9.32. The first-order chi connectivity index (χ1) is 15.3. The van der Waals surface area contributed by atoms with Crippen LogP contribution < -0.4 is 0 Å². The number of carbonyl (C=O) groups excluding carboxylic acids is 1. The quantitative estimate of drug-likeness (QED) is 0.625. The topological polar surface area (TPSA) is 96.6 Å². The highest BCUT2D eigenvalue weighted by molar-refractivity contribution is 7.89. The standard InChI is InChI=1S/C21H33N7O3S/c1-4-27-14-19(17(2)23-27)13-25-8-10-26(11-9-25)21(29)18-6-5-7-28(15-18)32(30,31)20-12-22-24(3)16-20/h12,14,16,18H,4-11,13,15H2,1-3H3/t18-/m1/s1. The van der Waals surface area contributed by atoms with Crippen molar-refractivity contribution in [1.82, 2.24) is 33.7 Å². The molecule has 2 aliphatic heterocycles. The monoisotopic (exact) mass is 463 g/mol. The predicted octanol–water partition coefficient (Wildman–Crippen LogP) is 0.690. The van der Waals surface area contributed by atoms with Crippen LogP contribution in [0.5, 0.6) is 0 Å². The summed E-state index contributed by atoms with van der Waals surface area (Å²) < 4.78 is 30.8. The van der Waals surface area contributed by atoms with Crippen molar-refractivity contribution < 1.29 is 13.2 Å². The summed E-state index contributed by atoms with van der Waals surface area (Å²) in [6.45, 7) is 9.47. The molecular formula is C21H33N7O3S. The van der Waals surface area contributed by atoms with E-state index >= 15 is 0 Å². The molecule has 10 nitrogen and oxygen atoms in total. The van der Waals surface area contributed by atoms with Crippen LogP contribution in [0, 0.1) is 12.8 Å². The number of sulfonamides is 1. The highest BCUT2D eigenvalue weighted by Crippen LogP contribution is 2.25. The smallest absolute Gasteiger partial charge is 0.246 e. The molecule has 176 valence electrons. The van der Waals surface area contributed by atoms with Gasteiger partial charge in [-0.2, -0.15) is 14.5 Å². The number of rotatable bonds is 6. The van der Waals surface area contributed by atoms with E-state index in [1.165, 1.54) is 26.9 Å². The molecule has 0 saturated carbocycles. The van der Waals surface area contributed by atoms with E-state index in [2.05, 4.69) is 28.2 Å². The maximum Gasteiger partial charge on any atom is 0.246 e. The van der Waals surface area contributed by atoms with Crippen molar-refractivity contribution in [3.8, 4) is 0 Å². The Morgan fingerprint density at radius 2 is 1.91 bits per heavy atom. The van der Waals surface area contributed by atoms with Crippen LogP contribution in [0.3, 0.4) is 0 Å². The highest BCUT2D eigenvalue weighted by atomic mass is 32.2. The minimum Gasteiger partial charge on any atom is -0.340 e. The van der Waals surface area contributed by atoms with Crippen LogP contribution in [-0.4, -0.2) is 87.3 Å². The Hall–Kier alpha value is -2.24. The van der Waals surface area contributed by atoms with E-state index in [0.29, 0.717) is 26.1 Å². The largest absolute Gasteiger partial charge is 0.340 e. The lowest BCUT2D eigenvalue weighted by Crippen LogP contribution is -2.52. The minimum atomic E-state index is -3.62. The number of hydrogen-bond acceptors (Lipinski definition) is 6. The van der Waals surface area contributed by atoms with E-state index in [0.717, 1.165) is 38.3 Å². The van der Waals surface area contributed by atoms with Gasteiger partial charge in [-0.05, 0) is 26.7 Å². The molecule has 0 aromatic carbocycles. The van der Waals surface area contributed by atoms with Gasteiger partial charge in [0.15, 0.2) is 0 Å². The number of aryl methyl sites for hydroxylation is 3. The second-order valence-electron chi connectivity index (χ2n) is 8.75. The lowest BCUT2D eigenvalue weighted by atomic mass is 9.97. The molecule has 32 heavy (non-hydrogen) atoms. The molecule has 0 N–H and O–H groups in total. The molecule has 11 heteroatoms. The van der Waals surface area contributed by atoms with Crippen LogP contribution in [0.4, 0.5) is 0 Å². The minimum absolute atomic E-state index is 0.0747. The molecule has 0 bridgehead atoms. The van der Waals surface area contributed by atoms with E-state index < -0.39 is 10.0 Å². The molecule has 2 aliphatic rings. The van der Waals surface area contributed by atoms with Gasteiger partial charge in [-0.3, -0.25) is 19.1 Å². The van der Waals surface area contributed by atoms with Crippen LogP contribution in [0.1, 0.15) is 31.0 Å². The van der Waals surface area contributed by atoms with Gasteiger partial charge in [0.1, 0.15) is 4.90 Å². The Labute approximate surface area is 189 Å². The number of nitrogens with zero attached hydrogens (tertiary/aromatic N) is 7. The maximum atomic E-state index is 13.2. The molecule has 0 spiro atoms. The molecule has 2 aromatic rings. The van der Waals surface area contributed by atoms with Crippen LogP contribution in [0.25, 0.3) is 0 Å². The highest BCUT2D eigenvalue weighted by Gasteiger charge is 2.36. The van der Waals surface area contributed by atoms with Crippen molar-refractivity contribution in [1.29, 1.82) is 0 Å². The lowest BCUT2D eigenvalue weighted by molar-refractivity contribution is -0.138. The van der Waals surface area contributed by atoms with Crippen molar-refractivity contribution in [2.75, 3.05) is 39.3 Å². The molecular weight excluding hydrogens is 430 g/mol. The van der Waals surface area contributed by atoms with Gasteiger partial charge in [0.25, 0.3) is 0 Å². The Morgan fingerprint density at radius 1 is 1.16 bits per heavy atom. The van der Waals surface area contributed by atoms with Gasteiger partial charge < -0.3 is 4.90 Å². The molecule has 2 fully saturated rings. The molecule has 2 aromatic heterocycles. The van der Waals surface area contributed by atoms with Crippen molar-refractivity contribution >= 4 is 15.9 Å². The summed E-state index contributed by atoms with van der Waals surface area (Å²) in [5, 5.41) is 8.50. The van der Waals surface area contributed by atoms with Crippen molar-refractivity contribution in [2.24, 2.45) is 13.0 Å². The molecule has 4 heterocycles. The molecule has 0 radical (unpaired) electrons. The van der Waals surface area contributed by atoms with Crippen molar-refractivity contribution in [3.63, 3.8) is 0 Å². The van der Waals surface area contributed by atoms with Gasteiger partial charge in [0.2, 0.25) is 15.9 Å². The zero-order valence-corrected chi connectivity index (χ0v) is 20.0. The fraction of sp³-hybridized carbons (Fsp3) is 0.667. The molecule has 1 atom stereocenters. The van der Waals surface area contributed by atoms with Gasteiger partial charge in [-0.25, -0.2) is 8.42 Å². The number of piperazine rings is 1. The first kappa shape index (κ1) is 22.9. The molecule has 2 saturated heterocycles. The summed E-state index contributed by atoms with van der Waals surface area (Å²) in [5.41, 5.74) is 2.29. The summed E-state index contributed by atoms with van der Waals surface area (Å²) in [6, 6.07) is 0. The van der Waals surface area contributed by atoms with E-state index in [9.17, 15) is 13.2 Å². The number of amides is 1. The third-order valence-corrected chi connectivity index (χ3v) is 8.32. The van der Waals surface area contributed by atoms with Gasteiger partial charge in [0, 0.05) is 77.4 Å². The lowest BCUT2D eigenvalue weighted by Gasteiger charge is -2.38. The Kier molecular flexibility index (Phi) is 6.68. The summed E-state index contributed by atoms with van der Waals surface area (Å²) in [7, 11) is -1.93. The van der Waals surface area contributed by atoms with E-state index in [1.807, 2.05) is 16.5 Å². The van der Waals surface area contributed by atoms with Crippen molar-refractivity contribution in [3.05, 3.63) is 29.8 Å². The predicted molar refractivity (Wildman–Crippen MR) is 119 cm³/mol. The maximum absolute atomic E-state index is 13.2. The Bertz CT molecular complexity index is 1050. The van der Waals surface area contributed by atoms with Crippen LogP contribution in [-0.2, 0) is 35.0 Å². The van der Waals surface area contributed by atoms with Crippen LogP contribution >= 0.6 is 0 Å². The second-order valence-corrected chi connectivity index (χ2v) is 10.7. The fourth-order valence-corrected chi connectivity index (χ4v) is 6.06. The van der Waals surface area contributed by atoms with Crippen LogP contribution in [0.15, 0.2) is 23.5 Å². The zero-order valence-electron chi connectivity index (χ0n) is 19.1. The molecule has 1 amide bonds. The number of aromatic nitrogens is 4. The molecule has 4 rings (SSSR count). The van der Waals surface area contributed by atoms with E-state index in [4.69, 9.17) is 0 Å². The van der Waals surface area contributed by atoms with Crippen LogP contribution in [0.2, 0.25) is 0 Å². The summed E-state index contributed by atoms with van der Waals surface area (Å²) >= 11 is 0. The number of piperidine rings is 1. The third kappa shape index (κ3) is 4.74. The average molecular weight is 464 g/mol. The number of hydrogen-bond donors (Lipinski definition) is 0. The average Bonchev–Trinajstić information content (AvgIpc) is 3.39. The first-order valence-electron chi connectivity index (χ1n) is 11.3. The Morgan fingerprint density at radius 3 is 2.53 bits per heavy atom. The summed E-state index contributed by atoms with van der Waals surface area (Å²) in [5.74, 6) is -0.211.